The molecule has 0 aromatic rings. The van der Waals surface area contributed by atoms with Gasteiger partial charge in [-0.1, -0.05) is 177 Å². The van der Waals surface area contributed by atoms with Gasteiger partial charge < -0.3 is 14.2 Å². The van der Waals surface area contributed by atoms with E-state index in [0.29, 0.717) is 12.8 Å². The molecule has 0 saturated carbocycles. The third-order valence-electron chi connectivity index (χ3n) is 9.49. The number of carbonyl (C=O) groups excluding carboxylic acids is 3. The molecule has 0 bridgehead atoms. The lowest BCUT2D eigenvalue weighted by Crippen LogP contribution is -2.30. The molecule has 6 nitrogen and oxygen atoms in total. The normalized spacial score (nSPS) is 12.7. The summed E-state index contributed by atoms with van der Waals surface area (Å²) >= 11 is 0. The van der Waals surface area contributed by atoms with Gasteiger partial charge in [0.25, 0.3) is 0 Å². The summed E-state index contributed by atoms with van der Waals surface area (Å²) in [4.78, 5) is 37.7. The topological polar surface area (TPSA) is 78.9 Å². The van der Waals surface area contributed by atoms with E-state index in [1.807, 2.05) is 0 Å². The van der Waals surface area contributed by atoms with Crippen LogP contribution < -0.4 is 0 Å². The Morgan fingerprint density at radius 1 is 0.357 bits per heavy atom. The standard InChI is InChI=1S/C50H84O6/c1-4-7-10-13-16-19-22-23-24-25-26-29-31-34-37-40-43-49(52)55-46-47(56-50(53)44-41-38-35-32-28-21-18-15-12-9-6-3)45-54-48(51)42-39-36-33-30-27-20-17-14-11-8-5-2/h14-15,17-18,20-21,24-29,47H,4-13,16,19,22-23,30-46H2,1-3H3/b17-14-,18-15-,25-24-,27-20-,28-21-,29-26-. The molecule has 0 spiro atoms. The summed E-state index contributed by atoms with van der Waals surface area (Å²) < 4.78 is 16.6. The Morgan fingerprint density at radius 2 is 0.643 bits per heavy atom. The molecule has 0 fully saturated rings. The second kappa shape index (κ2) is 44.6. The molecule has 0 rings (SSSR count). The fraction of sp³-hybridized carbons (Fsp3) is 0.700. The maximum atomic E-state index is 12.7. The van der Waals surface area contributed by atoms with Crippen molar-refractivity contribution in [3.63, 3.8) is 0 Å². The van der Waals surface area contributed by atoms with Crippen LogP contribution >= 0.6 is 0 Å². The number of unbranched alkanes of at least 4 members (excludes halogenated alkanes) is 20. The molecule has 0 heterocycles. The molecular formula is C50H84O6. The second-order valence-electron chi connectivity index (χ2n) is 15.0. The Bertz CT molecular complexity index is 1080. The summed E-state index contributed by atoms with van der Waals surface area (Å²) in [5.74, 6) is -0.997. The summed E-state index contributed by atoms with van der Waals surface area (Å²) in [6, 6.07) is 0. The molecule has 56 heavy (non-hydrogen) atoms. The zero-order valence-corrected chi connectivity index (χ0v) is 36.4. The maximum absolute atomic E-state index is 12.7. The third-order valence-corrected chi connectivity index (χ3v) is 9.49. The Balaban J connectivity index is 4.48. The lowest BCUT2D eigenvalue weighted by molar-refractivity contribution is -0.167. The predicted molar refractivity (Wildman–Crippen MR) is 238 cm³/mol. The van der Waals surface area contributed by atoms with Gasteiger partial charge >= 0.3 is 17.9 Å². The largest absolute Gasteiger partial charge is 0.462 e. The van der Waals surface area contributed by atoms with Crippen molar-refractivity contribution in [1.82, 2.24) is 0 Å². The Hall–Kier alpha value is -3.15. The van der Waals surface area contributed by atoms with Crippen molar-refractivity contribution in [1.29, 1.82) is 0 Å². The second-order valence-corrected chi connectivity index (χ2v) is 15.0. The summed E-state index contributed by atoms with van der Waals surface area (Å²) in [6.45, 7) is 6.43. The molecule has 0 aliphatic rings. The van der Waals surface area contributed by atoms with Crippen LogP contribution in [-0.2, 0) is 28.6 Å². The van der Waals surface area contributed by atoms with Gasteiger partial charge in [-0.2, -0.15) is 0 Å². The zero-order valence-electron chi connectivity index (χ0n) is 36.4. The van der Waals surface area contributed by atoms with Crippen molar-refractivity contribution < 1.29 is 28.6 Å². The van der Waals surface area contributed by atoms with Crippen LogP contribution in [0.3, 0.4) is 0 Å². The number of hydrogen-bond donors (Lipinski definition) is 0. The summed E-state index contributed by atoms with van der Waals surface area (Å²) in [5.41, 5.74) is 0. The smallest absolute Gasteiger partial charge is 0.306 e. The molecule has 0 aliphatic heterocycles. The average Bonchev–Trinajstić information content (AvgIpc) is 3.19. The SMILES string of the molecule is CCCC/C=C\C=C/CCCCCC(=O)OCC(COC(=O)CCCCC/C=C\C=C/CCCCCCCCC)OC(=O)CCCCC/C=C\C=C/CCCC. The fourth-order valence-corrected chi connectivity index (χ4v) is 5.91. The highest BCUT2D eigenvalue weighted by molar-refractivity contribution is 5.71. The van der Waals surface area contributed by atoms with Gasteiger partial charge in [-0.25, -0.2) is 0 Å². The number of esters is 3. The number of ether oxygens (including phenoxy) is 3. The quantitative estimate of drug-likeness (QED) is 0.0267. The molecule has 1 unspecified atom stereocenters. The van der Waals surface area contributed by atoms with E-state index in [1.165, 1.54) is 70.6 Å². The number of rotatable bonds is 40. The van der Waals surface area contributed by atoms with Crippen molar-refractivity contribution in [2.24, 2.45) is 0 Å². The van der Waals surface area contributed by atoms with E-state index in [2.05, 4.69) is 93.7 Å². The molecule has 0 aliphatic carbocycles. The molecule has 320 valence electrons. The Morgan fingerprint density at radius 3 is 1.00 bits per heavy atom. The third kappa shape index (κ3) is 42.0. The van der Waals surface area contributed by atoms with Crippen molar-refractivity contribution in [2.45, 2.75) is 213 Å². The van der Waals surface area contributed by atoms with Gasteiger partial charge in [-0.05, 0) is 83.5 Å². The molecule has 6 heteroatoms. The molecule has 0 N–H and O–H groups in total. The molecule has 0 aromatic heterocycles. The van der Waals surface area contributed by atoms with Gasteiger partial charge in [-0.15, -0.1) is 0 Å². The van der Waals surface area contributed by atoms with Crippen molar-refractivity contribution >= 4 is 17.9 Å². The molecule has 1 atom stereocenters. The first kappa shape index (κ1) is 52.9. The van der Waals surface area contributed by atoms with Gasteiger partial charge in [0.1, 0.15) is 13.2 Å². The molecule has 0 saturated heterocycles. The van der Waals surface area contributed by atoms with Crippen LogP contribution in [0.4, 0.5) is 0 Å². The maximum Gasteiger partial charge on any atom is 0.306 e. The van der Waals surface area contributed by atoms with Gasteiger partial charge in [0.15, 0.2) is 6.10 Å². The molecule has 0 amide bonds. The molecule has 0 aromatic carbocycles. The minimum atomic E-state index is -0.808. The number of allylic oxidation sites excluding steroid dienone is 12. The van der Waals surface area contributed by atoms with Crippen LogP contribution in [0, 0.1) is 0 Å². The van der Waals surface area contributed by atoms with E-state index in [0.717, 1.165) is 96.3 Å². The van der Waals surface area contributed by atoms with Gasteiger partial charge in [0.05, 0.1) is 0 Å². The van der Waals surface area contributed by atoms with E-state index < -0.39 is 6.10 Å². The van der Waals surface area contributed by atoms with Crippen LogP contribution in [-0.4, -0.2) is 37.2 Å². The first-order chi connectivity index (χ1) is 27.5. The average molecular weight is 781 g/mol. The van der Waals surface area contributed by atoms with Gasteiger partial charge in [-0.3, -0.25) is 14.4 Å². The predicted octanol–water partition coefficient (Wildman–Crippen LogP) is 14.7. The van der Waals surface area contributed by atoms with Crippen molar-refractivity contribution in [3.8, 4) is 0 Å². The highest BCUT2D eigenvalue weighted by Gasteiger charge is 2.19. The summed E-state index contributed by atoms with van der Waals surface area (Å²) in [7, 11) is 0. The number of carbonyl (C=O) groups is 3. The van der Waals surface area contributed by atoms with E-state index in [-0.39, 0.29) is 37.5 Å². The minimum absolute atomic E-state index is 0.110. The zero-order chi connectivity index (χ0) is 40.8. The fourth-order valence-electron chi connectivity index (χ4n) is 5.91. The van der Waals surface area contributed by atoms with E-state index >= 15 is 0 Å². The Kier molecular flexibility index (Phi) is 42.1. The minimum Gasteiger partial charge on any atom is -0.462 e. The monoisotopic (exact) mass is 781 g/mol. The van der Waals surface area contributed by atoms with Crippen molar-refractivity contribution in [2.75, 3.05) is 13.2 Å². The van der Waals surface area contributed by atoms with Crippen LogP contribution in [0.1, 0.15) is 207 Å². The van der Waals surface area contributed by atoms with Crippen LogP contribution in [0.15, 0.2) is 72.9 Å². The van der Waals surface area contributed by atoms with Crippen LogP contribution in [0.5, 0.6) is 0 Å². The summed E-state index contributed by atoms with van der Waals surface area (Å²) in [6.07, 6.45) is 54.6. The number of hydrogen-bond acceptors (Lipinski definition) is 6. The molecular weight excluding hydrogens is 697 g/mol. The van der Waals surface area contributed by atoms with E-state index in [9.17, 15) is 14.4 Å². The lowest BCUT2D eigenvalue weighted by Gasteiger charge is -2.18. The Labute approximate surface area is 344 Å². The first-order valence-electron chi connectivity index (χ1n) is 23.0. The molecule has 0 radical (unpaired) electrons. The van der Waals surface area contributed by atoms with E-state index in [4.69, 9.17) is 14.2 Å². The van der Waals surface area contributed by atoms with Crippen molar-refractivity contribution in [3.05, 3.63) is 72.9 Å². The van der Waals surface area contributed by atoms with E-state index in [1.54, 1.807) is 0 Å². The highest BCUT2D eigenvalue weighted by Crippen LogP contribution is 2.12. The van der Waals surface area contributed by atoms with Crippen LogP contribution in [0.2, 0.25) is 0 Å². The first-order valence-corrected chi connectivity index (χ1v) is 23.0. The summed E-state index contributed by atoms with van der Waals surface area (Å²) in [5, 5.41) is 0. The highest BCUT2D eigenvalue weighted by atomic mass is 16.6. The van der Waals surface area contributed by atoms with Crippen LogP contribution in [0.25, 0.3) is 0 Å². The van der Waals surface area contributed by atoms with Gasteiger partial charge in [0.2, 0.25) is 0 Å². The lowest BCUT2D eigenvalue weighted by atomic mass is 10.1. The van der Waals surface area contributed by atoms with Gasteiger partial charge in [0, 0.05) is 19.3 Å².